The summed E-state index contributed by atoms with van der Waals surface area (Å²) >= 11 is 0. The van der Waals surface area contributed by atoms with E-state index in [2.05, 4.69) is 10.3 Å². The molecule has 0 saturated carbocycles. The van der Waals surface area contributed by atoms with Gasteiger partial charge >= 0.3 is 0 Å². The van der Waals surface area contributed by atoms with E-state index in [1.54, 1.807) is 12.4 Å². The van der Waals surface area contributed by atoms with E-state index >= 15 is 0 Å². The Bertz CT molecular complexity index is 1180. The number of nitrogens with one attached hydrogen (secondary N) is 1. The summed E-state index contributed by atoms with van der Waals surface area (Å²) in [7, 11) is -3.90. The molecular weight excluding hydrogens is 414 g/mol. The van der Waals surface area contributed by atoms with Gasteiger partial charge < -0.3 is 9.88 Å². The SMILES string of the molecule is Cc1nccn1-c1ccccc1CNC(=O)CN(c1ccc(F)c(F)c1)S(C)(=O)=O. The quantitative estimate of drug-likeness (QED) is 0.620. The Morgan fingerprint density at radius 1 is 1.17 bits per heavy atom. The minimum atomic E-state index is -3.90. The first-order valence-electron chi connectivity index (χ1n) is 8.94. The molecule has 0 spiro atoms. The lowest BCUT2D eigenvalue weighted by Crippen LogP contribution is -2.40. The van der Waals surface area contributed by atoms with E-state index in [1.165, 1.54) is 0 Å². The van der Waals surface area contributed by atoms with Crippen LogP contribution in [0.3, 0.4) is 0 Å². The van der Waals surface area contributed by atoms with Crippen molar-refractivity contribution in [3.05, 3.63) is 77.9 Å². The first kappa shape index (κ1) is 21.4. The van der Waals surface area contributed by atoms with Crippen molar-refractivity contribution in [2.24, 2.45) is 0 Å². The lowest BCUT2D eigenvalue weighted by atomic mass is 10.1. The largest absolute Gasteiger partial charge is 0.350 e. The van der Waals surface area contributed by atoms with E-state index in [0.29, 0.717) is 0 Å². The van der Waals surface area contributed by atoms with Crippen LogP contribution < -0.4 is 9.62 Å². The second-order valence-corrected chi connectivity index (χ2v) is 8.52. The third-order valence-corrected chi connectivity index (χ3v) is 5.57. The highest BCUT2D eigenvalue weighted by molar-refractivity contribution is 7.92. The maximum absolute atomic E-state index is 13.5. The van der Waals surface area contributed by atoms with Crippen molar-refractivity contribution in [2.75, 3.05) is 17.1 Å². The van der Waals surface area contributed by atoms with Crippen LogP contribution in [0.25, 0.3) is 5.69 Å². The standard InChI is InChI=1S/C20H20F2N4O3S/c1-14-23-9-10-25(14)19-6-4-3-5-15(19)12-24-20(27)13-26(30(2,28)29)16-7-8-17(21)18(22)11-16/h3-11H,12-13H2,1-2H3,(H,24,27). The molecule has 1 N–H and O–H groups in total. The van der Waals surface area contributed by atoms with Gasteiger partial charge in [0.1, 0.15) is 12.4 Å². The van der Waals surface area contributed by atoms with Gasteiger partial charge in [0.25, 0.3) is 0 Å². The Hall–Kier alpha value is -3.27. The maximum Gasteiger partial charge on any atom is 0.241 e. The minimum absolute atomic E-state index is 0.138. The van der Waals surface area contributed by atoms with Gasteiger partial charge in [-0.05, 0) is 30.7 Å². The number of aromatic nitrogens is 2. The van der Waals surface area contributed by atoms with Gasteiger partial charge in [-0.1, -0.05) is 18.2 Å². The lowest BCUT2D eigenvalue weighted by Gasteiger charge is -2.22. The number of aryl methyl sites for hydroxylation is 1. The summed E-state index contributed by atoms with van der Waals surface area (Å²) in [5, 5.41) is 2.67. The van der Waals surface area contributed by atoms with Crippen LogP contribution in [0, 0.1) is 18.6 Å². The normalized spacial score (nSPS) is 11.3. The molecule has 0 aliphatic carbocycles. The zero-order valence-electron chi connectivity index (χ0n) is 16.3. The Morgan fingerprint density at radius 2 is 1.90 bits per heavy atom. The van der Waals surface area contributed by atoms with Gasteiger partial charge in [0.15, 0.2) is 11.6 Å². The smallest absolute Gasteiger partial charge is 0.241 e. The van der Waals surface area contributed by atoms with Gasteiger partial charge in [-0.3, -0.25) is 9.10 Å². The lowest BCUT2D eigenvalue weighted by molar-refractivity contribution is -0.119. The first-order valence-corrected chi connectivity index (χ1v) is 10.8. The molecule has 0 fully saturated rings. The van der Waals surface area contributed by atoms with Crippen LogP contribution in [0.5, 0.6) is 0 Å². The van der Waals surface area contributed by atoms with Gasteiger partial charge in [-0.2, -0.15) is 0 Å². The molecule has 0 saturated heterocycles. The van der Waals surface area contributed by atoms with E-state index in [0.717, 1.165) is 45.8 Å². The Kier molecular flexibility index (Phi) is 6.16. The summed E-state index contributed by atoms with van der Waals surface area (Å²) in [6.07, 6.45) is 4.35. The number of rotatable bonds is 7. The van der Waals surface area contributed by atoms with Crippen LogP contribution in [-0.4, -0.2) is 36.7 Å². The third kappa shape index (κ3) is 4.82. The number of imidazole rings is 1. The fourth-order valence-corrected chi connectivity index (χ4v) is 3.80. The fourth-order valence-electron chi connectivity index (χ4n) is 2.95. The van der Waals surface area contributed by atoms with Crippen molar-refractivity contribution in [3.63, 3.8) is 0 Å². The highest BCUT2D eigenvalue weighted by Crippen LogP contribution is 2.20. The fraction of sp³-hybridized carbons (Fsp3) is 0.200. The van der Waals surface area contributed by atoms with E-state index < -0.39 is 34.1 Å². The van der Waals surface area contributed by atoms with Crippen molar-refractivity contribution in [1.29, 1.82) is 0 Å². The molecule has 158 valence electrons. The van der Waals surface area contributed by atoms with Crippen LogP contribution >= 0.6 is 0 Å². The van der Waals surface area contributed by atoms with Crippen LogP contribution in [0.2, 0.25) is 0 Å². The number of hydrogen-bond acceptors (Lipinski definition) is 4. The van der Waals surface area contributed by atoms with Crippen molar-refractivity contribution in [1.82, 2.24) is 14.9 Å². The van der Waals surface area contributed by atoms with E-state index in [9.17, 15) is 22.0 Å². The Morgan fingerprint density at radius 3 is 2.53 bits per heavy atom. The number of hydrogen-bond donors (Lipinski definition) is 1. The molecule has 30 heavy (non-hydrogen) atoms. The molecule has 0 unspecified atom stereocenters. The van der Waals surface area contributed by atoms with Crippen LogP contribution in [0.1, 0.15) is 11.4 Å². The molecule has 2 aromatic carbocycles. The predicted molar refractivity (Wildman–Crippen MR) is 109 cm³/mol. The molecule has 7 nitrogen and oxygen atoms in total. The molecular formula is C20H20F2N4O3S. The molecule has 0 aliphatic heterocycles. The highest BCUT2D eigenvalue weighted by Gasteiger charge is 2.22. The van der Waals surface area contributed by atoms with Crippen molar-refractivity contribution >= 4 is 21.6 Å². The molecule has 1 heterocycles. The number of para-hydroxylation sites is 1. The number of amides is 1. The number of carbonyl (C=O) groups excluding carboxylic acids is 1. The molecule has 0 radical (unpaired) electrons. The molecule has 0 aliphatic rings. The van der Waals surface area contributed by atoms with Crippen molar-refractivity contribution in [3.8, 4) is 5.69 Å². The first-order chi connectivity index (χ1) is 14.2. The molecule has 3 rings (SSSR count). The average molecular weight is 434 g/mol. The zero-order chi connectivity index (χ0) is 21.9. The number of carbonyl (C=O) groups is 1. The zero-order valence-corrected chi connectivity index (χ0v) is 17.2. The van der Waals surface area contributed by atoms with E-state index in [1.807, 2.05) is 35.8 Å². The number of nitrogens with zero attached hydrogens (tertiary/aromatic N) is 3. The van der Waals surface area contributed by atoms with Crippen molar-refractivity contribution in [2.45, 2.75) is 13.5 Å². The van der Waals surface area contributed by atoms with Gasteiger partial charge in [0, 0.05) is 25.0 Å². The number of anilines is 1. The summed E-state index contributed by atoms with van der Waals surface area (Å²) < 4.78 is 53.5. The number of sulfonamides is 1. The predicted octanol–water partition coefficient (Wildman–Crippen LogP) is 2.54. The third-order valence-electron chi connectivity index (χ3n) is 4.43. The molecule has 10 heteroatoms. The highest BCUT2D eigenvalue weighted by atomic mass is 32.2. The van der Waals surface area contributed by atoms with Gasteiger partial charge in [-0.25, -0.2) is 22.2 Å². The number of benzene rings is 2. The monoisotopic (exact) mass is 434 g/mol. The molecule has 1 aromatic heterocycles. The summed E-state index contributed by atoms with van der Waals surface area (Å²) in [5.41, 5.74) is 1.49. The van der Waals surface area contributed by atoms with Crippen LogP contribution in [0.15, 0.2) is 54.9 Å². The summed E-state index contributed by atoms with van der Waals surface area (Å²) in [5.74, 6) is -2.13. The van der Waals surface area contributed by atoms with Gasteiger partial charge in [-0.15, -0.1) is 0 Å². The second-order valence-electron chi connectivity index (χ2n) is 6.62. The summed E-state index contributed by atoms with van der Waals surface area (Å²) in [6.45, 7) is 1.42. The van der Waals surface area contributed by atoms with Crippen molar-refractivity contribution < 1.29 is 22.0 Å². The maximum atomic E-state index is 13.5. The minimum Gasteiger partial charge on any atom is -0.350 e. The van der Waals surface area contributed by atoms with Crippen LogP contribution in [0.4, 0.5) is 14.5 Å². The summed E-state index contributed by atoms with van der Waals surface area (Å²) in [6, 6.07) is 10.0. The van der Waals surface area contributed by atoms with Gasteiger partial charge in [0.05, 0.1) is 17.6 Å². The second kappa shape index (κ2) is 8.62. The van der Waals surface area contributed by atoms with Gasteiger partial charge in [0.2, 0.25) is 15.9 Å². The molecule has 0 atom stereocenters. The topological polar surface area (TPSA) is 84.3 Å². The number of halogens is 2. The van der Waals surface area contributed by atoms with E-state index in [4.69, 9.17) is 0 Å². The molecule has 0 bridgehead atoms. The molecule has 1 amide bonds. The Balaban J connectivity index is 1.76. The Labute approximate surface area is 173 Å². The van der Waals surface area contributed by atoms with E-state index in [-0.39, 0.29) is 12.2 Å². The average Bonchev–Trinajstić information content (AvgIpc) is 3.12. The summed E-state index contributed by atoms with van der Waals surface area (Å²) in [4.78, 5) is 16.6. The van der Waals surface area contributed by atoms with Crippen LogP contribution in [-0.2, 0) is 21.4 Å². The molecule has 3 aromatic rings.